The van der Waals surface area contributed by atoms with Gasteiger partial charge in [0, 0.05) is 12.6 Å². The maximum atomic E-state index is 12.5. The molecule has 150 valence electrons. The highest BCUT2D eigenvalue weighted by Gasteiger charge is 2.14. The van der Waals surface area contributed by atoms with Gasteiger partial charge in [-0.15, -0.1) is 0 Å². The number of nitrogens with zero attached hydrogens (tertiary/aromatic N) is 1. The maximum absolute atomic E-state index is 12.5. The summed E-state index contributed by atoms with van der Waals surface area (Å²) in [5, 5.41) is 3.49. The summed E-state index contributed by atoms with van der Waals surface area (Å²) >= 11 is 6.26. The van der Waals surface area contributed by atoms with Gasteiger partial charge in [0.1, 0.15) is 0 Å². The first-order valence-electron chi connectivity index (χ1n) is 9.13. The molecular weight excluding hydrogens is 376 g/mol. The van der Waals surface area contributed by atoms with Gasteiger partial charge in [-0.05, 0) is 50.4 Å². The maximum Gasteiger partial charge on any atom is 0.244 e. The summed E-state index contributed by atoms with van der Waals surface area (Å²) in [6, 6.07) is 13.3. The topological polar surface area (TPSA) is 50.8 Å². The van der Waals surface area contributed by atoms with E-state index in [1.54, 1.807) is 25.3 Å². The van der Waals surface area contributed by atoms with Crippen molar-refractivity contribution in [2.45, 2.75) is 13.0 Å². The van der Waals surface area contributed by atoms with Crippen molar-refractivity contribution < 1.29 is 14.3 Å². The van der Waals surface area contributed by atoms with Crippen LogP contribution in [0, 0.1) is 0 Å². The van der Waals surface area contributed by atoms with Crippen LogP contribution in [0.25, 0.3) is 6.08 Å². The van der Waals surface area contributed by atoms with Crippen LogP contribution < -0.4 is 14.8 Å². The lowest BCUT2D eigenvalue weighted by atomic mass is 10.1. The summed E-state index contributed by atoms with van der Waals surface area (Å²) in [6.45, 7) is 3.08. The molecule has 0 aromatic heterocycles. The van der Waals surface area contributed by atoms with Gasteiger partial charge in [0.05, 0.1) is 24.8 Å². The van der Waals surface area contributed by atoms with E-state index >= 15 is 0 Å². The minimum Gasteiger partial charge on any atom is -0.491 e. The number of benzene rings is 2. The van der Waals surface area contributed by atoms with Crippen LogP contribution >= 0.6 is 11.6 Å². The highest BCUT2D eigenvalue weighted by molar-refractivity contribution is 6.32. The molecule has 2 aromatic carbocycles. The Bertz CT molecular complexity index is 807. The molecule has 2 rings (SSSR count). The number of halogens is 1. The van der Waals surface area contributed by atoms with Crippen LogP contribution in [0.2, 0.25) is 5.02 Å². The van der Waals surface area contributed by atoms with E-state index in [2.05, 4.69) is 5.32 Å². The molecule has 0 saturated carbocycles. The Balaban J connectivity index is 2.15. The lowest BCUT2D eigenvalue weighted by Gasteiger charge is -2.22. The van der Waals surface area contributed by atoms with Crippen molar-refractivity contribution in [2.75, 3.05) is 34.4 Å². The van der Waals surface area contributed by atoms with E-state index in [4.69, 9.17) is 21.1 Å². The molecule has 5 nitrogen and oxygen atoms in total. The minimum atomic E-state index is -0.180. The molecule has 0 fully saturated rings. The summed E-state index contributed by atoms with van der Waals surface area (Å²) in [5.41, 5.74) is 1.82. The van der Waals surface area contributed by atoms with Crippen LogP contribution in [-0.4, -0.2) is 45.2 Å². The molecule has 1 atom stereocenters. The van der Waals surface area contributed by atoms with Crippen molar-refractivity contribution in [3.63, 3.8) is 0 Å². The average molecular weight is 403 g/mol. The molecule has 1 N–H and O–H groups in total. The summed E-state index contributed by atoms with van der Waals surface area (Å²) in [4.78, 5) is 14.5. The zero-order valence-corrected chi connectivity index (χ0v) is 17.5. The number of carbonyl (C=O) groups excluding carboxylic acids is 1. The fourth-order valence-electron chi connectivity index (χ4n) is 2.82. The predicted octanol–water partition coefficient (Wildman–Crippen LogP) is 4.18. The Kier molecular flexibility index (Phi) is 8.36. The molecule has 28 heavy (non-hydrogen) atoms. The first-order valence-corrected chi connectivity index (χ1v) is 9.51. The summed E-state index contributed by atoms with van der Waals surface area (Å²) in [5.74, 6) is 0.855. The molecule has 0 aliphatic carbocycles. The number of methoxy groups -OCH3 is 1. The van der Waals surface area contributed by atoms with Crippen LogP contribution in [0.1, 0.15) is 24.1 Å². The van der Waals surface area contributed by atoms with E-state index in [0.717, 1.165) is 11.1 Å². The largest absolute Gasteiger partial charge is 0.491 e. The zero-order valence-electron chi connectivity index (χ0n) is 16.7. The van der Waals surface area contributed by atoms with Crippen molar-refractivity contribution in [1.29, 1.82) is 0 Å². The molecule has 0 aliphatic heterocycles. The Labute approximate surface area is 171 Å². The fourth-order valence-corrected chi connectivity index (χ4v) is 3.12. The van der Waals surface area contributed by atoms with E-state index in [1.807, 2.05) is 56.3 Å². The SMILES string of the molecule is CCOc1cc(/C=C/C(=O)N[C@H](CN(C)C)c2ccccc2)cc(Cl)c1OC. The number of hydrogen-bond donors (Lipinski definition) is 1. The summed E-state index contributed by atoms with van der Waals surface area (Å²) < 4.78 is 10.9. The second-order valence-corrected chi connectivity index (χ2v) is 6.94. The van der Waals surface area contributed by atoms with E-state index in [9.17, 15) is 4.79 Å². The Hall–Kier alpha value is -2.50. The van der Waals surface area contributed by atoms with Gasteiger partial charge in [0.25, 0.3) is 0 Å². The summed E-state index contributed by atoms with van der Waals surface area (Å²) in [7, 11) is 5.50. The normalized spacial score (nSPS) is 12.2. The Morgan fingerprint density at radius 3 is 2.57 bits per heavy atom. The molecular formula is C22H27ClN2O3. The van der Waals surface area contributed by atoms with E-state index in [-0.39, 0.29) is 11.9 Å². The molecule has 0 spiro atoms. The quantitative estimate of drug-likeness (QED) is 0.639. The number of nitrogens with one attached hydrogen (secondary N) is 1. The van der Waals surface area contributed by atoms with Crippen molar-refractivity contribution in [1.82, 2.24) is 10.2 Å². The van der Waals surface area contributed by atoms with Crippen LogP contribution in [-0.2, 0) is 4.79 Å². The van der Waals surface area contributed by atoms with Crippen LogP contribution in [0.4, 0.5) is 0 Å². The number of amides is 1. The molecule has 2 aromatic rings. The van der Waals surface area contributed by atoms with Gasteiger partial charge in [-0.2, -0.15) is 0 Å². The van der Waals surface area contributed by atoms with Crippen LogP contribution in [0.3, 0.4) is 0 Å². The number of hydrogen-bond acceptors (Lipinski definition) is 4. The Morgan fingerprint density at radius 2 is 1.96 bits per heavy atom. The van der Waals surface area contributed by atoms with Crippen molar-refractivity contribution in [2.24, 2.45) is 0 Å². The van der Waals surface area contributed by atoms with Crippen molar-refractivity contribution in [3.05, 3.63) is 64.7 Å². The van der Waals surface area contributed by atoms with E-state index in [1.165, 1.54) is 6.08 Å². The second-order valence-electron chi connectivity index (χ2n) is 6.53. The first-order chi connectivity index (χ1) is 13.4. The first kappa shape index (κ1) is 21.8. The smallest absolute Gasteiger partial charge is 0.244 e. The average Bonchev–Trinajstić information content (AvgIpc) is 2.66. The van der Waals surface area contributed by atoms with Crippen molar-refractivity contribution >= 4 is 23.6 Å². The van der Waals surface area contributed by atoms with E-state index in [0.29, 0.717) is 29.7 Å². The van der Waals surface area contributed by atoms with Crippen LogP contribution in [0.5, 0.6) is 11.5 Å². The third-order valence-corrected chi connectivity index (χ3v) is 4.31. The number of carbonyl (C=O) groups is 1. The van der Waals surface area contributed by atoms with Crippen LogP contribution in [0.15, 0.2) is 48.5 Å². The fraction of sp³-hybridized carbons (Fsp3) is 0.318. The molecule has 0 unspecified atom stereocenters. The molecule has 0 heterocycles. The lowest BCUT2D eigenvalue weighted by molar-refractivity contribution is -0.117. The number of ether oxygens (including phenoxy) is 2. The van der Waals surface area contributed by atoms with Gasteiger partial charge < -0.3 is 19.7 Å². The Morgan fingerprint density at radius 1 is 1.25 bits per heavy atom. The third kappa shape index (κ3) is 6.29. The lowest BCUT2D eigenvalue weighted by Crippen LogP contribution is -2.34. The molecule has 6 heteroatoms. The molecule has 0 bridgehead atoms. The van der Waals surface area contributed by atoms with Gasteiger partial charge in [0.2, 0.25) is 5.91 Å². The highest BCUT2D eigenvalue weighted by Crippen LogP contribution is 2.36. The zero-order chi connectivity index (χ0) is 20.5. The van der Waals surface area contributed by atoms with Gasteiger partial charge >= 0.3 is 0 Å². The van der Waals surface area contributed by atoms with Gasteiger partial charge in [-0.25, -0.2) is 0 Å². The van der Waals surface area contributed by atoms with E-state index < -0.39 is 0 Å². The summed E-state index contributed by atoms with van der Waals surface area (Å²) in [6.07, 6.45) is 3.21. The molecule has 0 saturated heterocycles. The third-order valence-electron chi connectivity index (χ3n) is 4.03. The second kappa shape index (κ2) is 10.7. The predicted molar refractivity (Wildman–Crippen MR) is 114 cm³/mol. The van der Waals surface area contributed by atoms with Gasteiger partial charge in [-0.3, -0.25) is 4.79 Å². The monoisotopic (exact) mass is 402 g/mol. The number of rotatable bonds is 9. The van der Waals surface area contributed by atoms with Crippen molar-refractivity contribution in [3.8, 4) is 11.5 Å². The van der Waals surface area contributed by atoms with Gasteiger partial charge in [-0.1, -0.05) is 41.9 Å². The molecule has 1 amide bonds. The van der Waals surface area contributed by atoms with Gasteiger partial charge in [0.15, 0.2) is 11.5 Å². The number of likely N-dealkylation sites (N-methyl/N-ethyl adjacent to an activating group) is 1. The standard InChI is InChI=1S/C22H27ClN2O3/c1-5-28-20-14-16(13-18(23)22(20)27-4)11-12-21(26)24-19(15-25(2)3)17-9-7-6-8-10-17/h6-14,19H,5,15H2,1-4H3,(H,24,26)/b12-11+/t19-/m1/s1. The minimum absolute atomic E-state index is 0.105. The molecule has 0 aliphatic rings. The highest BCUT2D eigenvalue weighted by atomic mass is 35.5. The molecule has 0 radical (unpaired) electrons.